The highest BCUT2D eigenvalue weighted by molar-refractivity contribution is 5.73. The van der Waals surface area contributed by atoms with E-state index in [0.29, 0.717) is 6.61 Å². The molecule has 0 rings (SSSR count). The maximum Gasteiger partial charge on any atom is 0.217 e. The summed E-state index contributed by atoms with van der Waals surface area (Å²) in [6, 6.07) is -0.292. The quantitative estimate of drug-likeness (QED) is 0.340. The van der Waals surface area contributed by atoms with Crippen LogP contribution in [0.1, 0.15) is 104 Å². The number of ether oxygens (including phenoxy) is 1. The third kappa shape index (κ3) is 16.6. The van der Waals surface area contributed by atoms with Crippen molar-refractivity contribution >= 4 is 5.91 Å². The topological polar surface area (TPSA) is 58.6 Å². The SMILES string of the molecule is CCCCCCCCCCCCCCC[C@@H](O)[C@H](COC)NC(C)=O. The van der Waals surface area contributed by atoms with Gasteiger partial charge < -0.3 is 15.2 Å². The van der Waals surface area contributed by atoms with Crippen LogP contribution in [0.4, 0.5) is 0 Å². The molecule has 150 valence electrons. The molecule has 0 radical (unpaired) electrons. The van der Waals surface area contributed by atoms with Crippen LogP contribution < -0.4 is 5.32 Å². The minimum absolute atomic E-state index is 0.119. The second-order valence-corrected chi connectivity index (χ2v) is 7.36. The minimum Gasteiger partial charge on any atom is -0.391 e. The third-order valence-corrected chi connectivity index (χ3v) is 4.80. The highest BCUT2D eigenvalue weighted by Crippen LogP contribution is 2.14. The fourth-order valence-corrected chi connectivity index (χ4v) is 3.26. The predicted molar refractivity (Wildman–Crippen MR) is 106 cm³/mol. The predicted octanol–water partition coefficient (Wildman–Crippen LogP) is 4.98. The molecular formula is C21H43NO3. The van der Waals surface area contributed by atoms with Gasteiger partial charge in [0.25, 0.3) is 0 Å². The summed E-state index contributed by atoms with van der Waals surface area (Å²) in [5.74, 6) is -0.119. The van der Waals surface area contributed by atoms with Crippen molar-refractivity contribution in [3.05, 3.63) is 0 Å². The molecule has 0 heterocycles. The Morgan fingerprint density at radius 3 is 1.72 bits per heavy atom. The van der Waals surface area contributed by atoms with Crippen LogP contribution in [0, 0.1) is 0 Å². The monoisotopic (exact) mass is 357 g/mol. The number of amides is 1. The summed E-state index contributed by atoms with van der Waals surface area (Å²) in [5.41, 5.74) is 0. The number of unbranched alkanes of at least 4 members (excludes halogenated alkanes) is 12. The normalized spacial score (nSPS) is 13.6. The highest BCUT2D eigenvalue weighted by atomic mass is 16.5. The first-order valence-corrected chi connectivity index (χ1v) is 10.6. The average Bonchev–Trinajstić information content (AvgIpc) is 2.58. The molecule has 1 amide bonds. The van der Waals surface area contributed by atoms with Crippen molar-refractivity contribution in [2.75, 3.05) is 13.7 Å². The molecule has 0 aromatic carbocycles. The molecule has 0 aliphatic rings. The zero-order valence-electron chi connectivity index (χ0n) is 17.0. The number of aliphatic hydroxyl groups excluding tert-OH is 1. The van der Waals surface area contributed by atoms with E-state index in [9.17, 15) is 9.90 Å². The van der Waals surface area contributed by atoms with Crippen LogP contribution in [0.15, 0.2) is 0 Å². The summed E-state index contributed by atoms with van der Waals surface area (Å²) >= 11 is 0. The Kier molecular flexibility index (Phi) is 17.7. The van der Waals surface area contributed by atoms with E-state index in [1.54, 1.807) is 7.11 Å². The number of carbonyl (C=O) groups is 1. The van der Waals surface area contributed by atoms with Crippen LogP contribution in [0.5, 0.6) is 0 Å². The van der Waals surface area contributed by atoms with Crippen molar-refractivity contribution < 1.29 is 14.6 Å². The number of hydrogen-bond donors (Lipinski definition) is 2. The van der Waals surface area contributed by atoms with E-state index in [-0.39, 0.29) is 11.9 Å². The largest absolute Gasteiger partial charge is 0.391 e. The first kappa shape index (κ1) is 24.4. The highest BCUT2D eigenvalue weighted by Gasteiger charge is 2.19. The Hall–Kier alpha value is -0.610. The van der Waals surface area contributed by atoms with E-state index in [4.69, 9.17) is 4.74 Å². The fraction of sp³-hybridized carbons (Fsp3) is 0.952. The van der Waals surface area contributed by atoms with Gasteiger partial charge in [0.1, 0.15) is 0 Å². The maximum atomic E-state index is 11.1. The lowest BCUT2D eigenvalue weighted by atomic mass is 10.0. The van der Waals surface area contributed by atoms with Crippen LogP contribution in [0.3, 0.4) is 0 Å². The van der Waals surface area contributed by atoms with Gasteiger partial charge in [0.2, 0.25) is 5.91 Å². The molecule has 0 aromatic rings. The molecule has 0 spiro atoms. The van der Waals surface area contributed by atoms with Gasteiger partial charge >= 0.3 is 0 Å². The molecule has 4 heteroatoms. The molecular weight excluding hydrogens is 314 g/mol. The lowest BCUT2D eigenvalue weighted by Gasteiger charge is -2.22. The number of nitrogens with one attached hydrogen (secondary N) is 1. The molecule has 0 bridgehead atoms. The lowest BCUT2D eigenvalue weighted by Crippen LogP contribution is -2.45. The van der Waals surface area contributed by atoms with Gasteiger partial charge in [-0.3, -0.25) is 4.79 Å². The van der Waals surface area contributed by atoms with Crippen LogP contribution in [0.2, 0.25) is 0 Å². The van der Waals surface area contributed by atoms with Crippen LogP contribution >= 0.6 is 0 Å². The van der Waals surface area contributed by atoms with Crippen molar-refractivity contribution in [1.29, 1.82) is 0 Å². The number of methoxy groups -OCH3 is 1. The zero-order valence-corrected chi connectivity index (χ0v) is 17.0. The first-order chi connectivity index (χ1) is 12.1. The smallest absolute Gasteiger partial charge is 0.217 e. The van der Waals surface area contributed by atoms with E-state index >= 15 is 0 Å². The fourth-order valence-electron chi connectivity index (χ4n) is 3.26. The first-order valence-electron chi connectivity index (χ1n) is 10.6. The number of aliphatic hydroxyl groups is 1. The zero-order chi connectivity index (χ0) is 18.8. The van der Waals surface area contributed by atoms with Crippen molar-refractivity contribution in [3.63, 3.8) is 0 Å². The Balaban J connectivity index is 3.43. The second-order valence-electron chi connectivity index (χ2n) is 7.36. The van der Waals surface area contributed by atoms with Gasteiger partial charge in [-0.15, -0.1) is 0 Å². The molecule has 0 fully saturated rings. The average molecular weight is 358 g/mol. The van der Waals surface area contributed by atoms with Crippen molar-refractivity contribution in [3.8, 4) is 0 Å². The molecule has 2 N–H and O–H groups in total. The van der Waals surface area contributed by atoms with E-state index in [1.165, 1.54) is 77.6 Å². The number of rotatable bonds is 18. The molecule has 0 aliphatic carbocycles. The molecule has 0 aliphatic heterocycles. The molecule has 0 aromatic heterocycles. The van der Waals surface area contributed by atoms with Gasteiger partial charge in [-0.1, -0.05) is 90.4 Å². The van der Waals surface area contributed by atoms with Crippen molar-refractivity contribution in [1.82, 2.24) is 5.32 Å². The number of carbonyl (C=O) groups excluding carboxylic acids is 1. The molecule has 0 unspecified atom stereocenters. The van der Waals surface area contributed by atoms with E-state index in [1.807, 2.05) is 0 Å². The van der Waals surface area contributed by atoms with Gasteiger partial charge in [-0.05, 0) is 6.42 Å². The Bertz CT molecular complexity index is 297. The molecule has 4 nitrogen and oxygen atoms in total. The summed E-state index contributed by atoms with van der Waals surface area (Å²) in [6.45, 7) is 4.10. The standard InChI is InChI=1S/C21H43NO3/c1-4-5-6-7-8-9-10-11-12-13-14-15-16-17-21(24)20(18-25-3)22-19(2)23/h20-21,24H,4-18H2,1-3H3,(H,22,23)/t20-,21+/m0/s1. The van der Waals surface area contributed by atoms with Crippen LogP contribution in [0.25, 0.3) is 0 Å². The van der Waals surface area contributed by atoms with Gasteiger partial charge in [-0.25, -0.2) is 0 Å². The second kappa shape index (κ2) is 18.2. The molecule has 0 saturated carbocycles. The minimum atomic E-state index is -0.517. The third-order valence-electron chi connectivity index (χ3n) is 4.80. The molecule has 25 heavy (non-hydrogen) atoms. The van der Waals surface area contributed by atoms with Gasteiger partial charge in [0, 0.05) is 14.0 Å². The number of hydrogen-bond acceptors (Lipinski definition) is 3. The van der Waals surface area contributed by atoms with Gasteiger partial charge in [0.15, 0.2) is 0 Å². The molecule has 2 atom stereocenters. The summed E-state index contributed by atoms with van der Waals surface area (Å²) < 4.78 is 5.07. The van der Waals surface area contributed by atoms with Crippen LogP contribution in [-0.4, -0.2) is 36.9 Å². The van der Waals surface area contributed by atoms with Crippen LogP contribution in [-0.2, 0) is 9.53 Å². The van der Waals surface area contributed by atoms with Gasteiger partial charge in [0.05, 0.1) is 18.8 Å². The Labute approximate surface area is 156 Å². The van der Waals surface area contributed by atoms with Crippen molar-refractivity contribution in [2.24, 2.45) is 0 Å². The molecule has 0 saturated heterocycles. The summed E-state index contributed by atoms with van der Waals surface area (Å²) in [4.78, 5) is 11.1. The maximum absolute atomic E-state index is 11.1. The van der Waals surface area contributed by atoms with E-state index in [2.05, 4.69) is 12.2 Å². The van der Waals surface area contributed by atoms with E-state index < -0.39 is 6.10 Å². The summed E-state index contributed by atoms with van der Waals surface area (Å²) in [7, 11) is 1.59. The summed E-state index contributed by atoms with van der Waals surface area (Å²) in [5, 5.41) is 12.9. The Morgan fingerprint density at radius 2 is 1.32 bits per heavy atom. The van der Waals surface area contributed by atoms with Gasteiger partial charge in [-0.2, -0.15) is 0 Å². The Morgan fingerprint density at radius 1 is 0.880 bits per heavy atom. The van der Waals surface area contributed by atoms with E-state index in [0.717, 1.165) is 19.3 Å². The summed E-state index contributed by atoms with van der Waals surface area (Å²) in [6.07, 6.45) is 17.4. The lowest BCUT2D eigenvalue weighted by molar-refractivity contribution is -0.121. The van der Waals surface area contributed by atoms with Crippen molar-refractivity contribution in [2.45, 2.75) is 116 Å².